The molecule has 1 saturated heterocycles. The van der Waals surface area contributed by atoms with Gasteiger partial charge in [-0.25, -0.2) is 9.37 Å². The van der Waals surface area contributed by atoms with Gasteiger partial charge in [-0.05, 0) is 76.8 Å². The highest BCUT2D eigenvalue weighted by Crippen LogP contribution is 2.36. The minimum absolute atomic E-state index is 0.251. The Morgan fingerprint density at radius 2 is 1.78 bits per heavy atom. The molecule has 0 bridgehead atoms. The number of benzene rings is 2. The fourth-order valence-electron chi connectivity index (χ4n) is 3.78. The van der Waals surface area contributed by atoms with E-state index in [1.165, 1.54) is 12.1 Å². The number of halogens is 2. The summed E-state index contributed by atoms with van der Waals surface area (Å²) in [6, 6.07) is 16.3. The standard InChI is InChI=1S/C24H21BrFN3O3/c25-18-7-8-21(27-15-18)29-22(30)16-3-1-6-20(13-16)28-23(31)24(9-11-32-12-10-24)17-4-2-5-19(26)14-17/h1-8,13-15H,9-12H2,(H,28,31)(H,27,29,30). The lowest BCUT2D eigenvalue weighted by Gasteiger charge is -2.36. The number of anilines is 2. The Kier molecular flexibility index (Phi) is 6.62. The largest absolute Gasteiger partial charge is 0.381 e. The highest BCUT2D eigenvalue weighted by Gasteiger charge is 2.42. The van der Waals surface area contributed by atoms with Crippen molar-refractivity contribution >= 4 is 39.2 Å². The number of carbonyl (C=O) groups excluding carboxylic acids is 2. The number of aromatic nitrogens is 1. The van der Waals surface area contributed by atoms with Gasteiger partial charge in [0.25, 0.3) is 5.91 Å². The Bertz CT molecular complexity index is 1130. The lowest BCUT2D eigenvalue weighted by atomic mass is 9.73. The summed E-state index contributed by atoms with van der Waals surface area (Å²) in [4.78, 5) is 30.2. The maximum Gasteiger partial charge on any atom is 0.256 e. The number of hydrogen-bond acceptors (Lipinski definition) is 4. The molecule has 8 heteroatoms. The second-order valence-corrected chi connectivity index (χ2v) is 8.47. The summed E-state index contributed by atoms with van der Waals surface area (Å²) in [5.41, 5.74) is 0.571. The zero-order valence-electron chi connectivity index (χ0n) is 17.1. The van der Waals surface area contributed by atoms with Crippen LogP contribution in [-0.4, -0.2) is 30.0 Å². The first-order chi connectivity index (χ1) is 15.5. The van der Waals surface area contributed by atoms with Crippen molar-refractivity contribution in [2.75, 3.05) is 23.8 Å². The fraction of sp³-hybridized carbons (Fsp3) is 0.208. The molecule has 0 radical (unpaired) electrons. The van der Waals surface area contributed by atoms with Crippen LogP contribution in [0.2, 0.25) is 0 Å². The summed E-state index contributed by atoms with van der Waals surface area (Å²) in [5, 5.41) is 5.65. The van der Waals surface area contributed by atoms with Crippen molar-refractivity contribution in [2.24, 2.45) is 0 Å². The molecule has 6 nitrogen and oxygen atoms in total. The minimum atomic E-state index is -0.903. The molecule has 2 aromatic carbocycles. The SMILES string of the molecule is O=C(Nc1ccc(Br)cn1)c1cccc(NC(=O)C2(c3cccc(F)c3)CCOCC2)c1. The van der Waals surface area contributed by atoms with Crippen LogP contribution in [-0.2, 0) is 14.9 Å². The second-order valence-electron chi connectivity index (χ2n) is 7.56. The summed E-state index contributed by atoms with van der Waals surface area (Å²) < 4.78 is 20.2. The monoisotopic (exact) mass is 497 g/mol. The summed E-state index contributed by atoms with van der Waals surface area (Å²) >= 11 is 3.30. The highest BCUT2D eigenvalue weighted by molar-refractivity contribution is 9.10. The van der Waals surface area contributed by atoms with E-state index in [0.717, 1.165) is 4.47 Å². The van der Waals surface area contributed by atoms with Gasteiger partial charge in [0.1, 0.15) is 11.6 Å². The molecule has 4 rings (SSSR count). The molecule has 1 aromatic heterocycles. The molecule has 1 aliphatic heterocycles. The van der Waals surface area contributed by atoms with Crippen molar-refractivity contribution in [3.8, 4) is 0 Å². The third-order valence-corrected chi connectivity index (χ3v) is 5.98. The van der Waals surface area contributed by atoms with E-state index in [1.807, 2.05) is 0 Å². The average molecular weight is 498 g/mol. The normalized spacial score (nSPS) is 15.1. The van der Waals surface area contributed by atoms with E-state index in [4.69, 9.17) is 4.74 Å². The number of nitrogens with one attached hydrogen (secondary N) is 2. The van der Waals surface area contributed by atoms with E-state index >= 15 is 0 Å². The van der Waals surface area contributed by atoms with Gasteiger partial charge in [0, 0.05) is 35.1 Å². The fourth-order valence-corrected chi connectivity index (χ4v) is 4.01. The lowest BCUT2D eigenvalue weighted by Crippen LogP contribution is -2.45. The van der Waals surface area contributed by atoms with Crippen LogP contribution in [0.3, 0.4) is 0 Å². The lowest BCUT2D eigenvalue weighted by molar-refractivity contribution is -0.125. The Hall–Kier alpha value is -3.10. The van der Waals surface area contributed by atoms with Crippen molar-refractivity contribution in [1.29, 1.82) is 0 Å². The maximum atomic E-state index is 13.9. The Morgan fingerprint density at radius 1 is 1.00 bits per heavy atom. The molecule has 0 spiro atoms. The van der Waals surface area contributed by atoms with Gasteiger partial charge in [0.15, 0.2) is 0 Å². The zero-order valence-corrected chi connectivity index (χ0v) is 18.7. The van der Waals surface area contributed by atoms with Gasteiger partial charge < -0.3 is 15.4 Å². The number of carbonyl (C=O) groups is 2. The van der Waals surface area contributed by atoms with Crippen LogP contribution in [0.1, 0.15) is 28.8 Å². The number of hydrogen-bond donors (Lipinski definition) is 2. The smallest absolute Gasteiger partial charge is 0.256 e. The molecule has 3 aromatic rings. The molecule has 32 heavy (non-hydrogen) atoms. The van der Waals surface area contributed by atoms with Crippen molar-refractivity contribution in [2.45, 2.75) is 18.3 Å². The predicted molar refractivity (Wildman–Crippen MR) is 123 cm³/mol. The van der Waals surface area contributed by atoms with Gasteiger partial charge in [-0.1, -0.05) is 18.2 Å². The molecule has 164 valence electrons. The van der Waals surface area contributed by atoms with Crippen LogP contribution in [0.25, 0.3) is 0 Å². The molecule has 2 N–H and O–H groups in total. The van der Waals surface area contributed by atoms with E-state index in [9.17, 15) is 14.0 Å². The number of pyridine rings is 1. The molecule has 0 aliphatic carbocycles. The summed E-state index contributed by atoms with van der Waals surface area (Å²) in [7, 11) is 0. The van der Waals surface area contributed by atoms with Gasteiger partial charge in [-0.3, -0.25) is 9.59 Å². The molecule has 2 heterocycles. The van der Waals surface area contributed by atoms with Gasteiger partial charge in [-0.15, -0.1) is 0 Å². The molecular weight excluding hydrogens is 477 g/mol. The topological polar surface area (TPSA) is 80.3 Å². The molecular formula is C24H21BrFN3O3. The molecule has 0 saturated carbocycles. The van der Waals surface area contributed by atoms with Crippen LogP contribution in [0.15, 0.2) is 71.3 Å². The Morgan fingerprint density at radius 3 is 2.50 bits per heavy atom. The van der Waals surface area contributed by atoms with E-state index in [1.54, 1.807) is 54.7 Å². The molecule has 2 amide bonds. The number of amides is 2. The van der Waals surface area contributed by atoms with Gasteiger partial charge >= 0.3 is 0 Å². The van der Waals surface area contributed by atoms with E-state index in [2.05, 4.69) is 31.5 Å². The first-order valence-electron chi connectivity index (χ1n) is 10.1. The molecule has 1 fully saturated rings. The molecule has 1 aliphatic rings. The average Bonchev–Trinajstić information content (AvgIpc) is 2.81. The van der Waals surface area contributed by atoms with Crippen LogP contribution in [0.5, 0.6) is 0 Å². The third-order valence-electron chi connectivity index (χ3n) is 5.51. The van der Waals surface area contributed by atoms with Crippen molar-refractivity contribution in [1.82, 2.24) is 4.98 Å². The van der Waals surface area contributed by atoms with Gasteiger partial charge in [0.05, 0.1) is 5.41 Å². The highest BCUT2D eigenvalue weighted by atomic mass is 79.9. The second kappa shape index (κ2) is 9.58. The Balaban J connectivity index is 1.54. The van der Waals surface area contributed by atoms with E-state index in [0.29, 0.717) is 48.7 Å². The summed E-state index contributed by atoms with van der Waals surface area (Å²) in [6.45, 7) is 0.819. The first kappa shape index (κ1) is 22.1. The van der Waals surface area contributed by atoms with Crippen molar-refractivity contribution in [3.63, 3.8) is 0 Å². The molecule has 0 atom stereocenters. The van der Waals surface area contributed by atoms with Crippen molar-refractivity contribution in [3.05, 3.63) is 88.3 Å². The van der Waals surface area contributed by atoms with Crippen LogP contribution >= 0.6 is 15.9 Å². The quantitative estimate of drug-likeness (QED) is 0.524. The van der Waals surface area contributed by atoms with Gasteiger partial charge in [0.2, 0.25) is 5.91 Å². The number of ether oxygens (including phenoxy) is 1. The van der Waals surface area contributed by atoms with Crippen molar-refractivity contribution < 1.29 is 18.7 Å². The zero-order chi connectivity index (χ0) is 22.6. The number of nitrogens with zero attached hydrogens (tertiary/aromatic N) is 1. The van der Waals surface area contributed by atoms with Crippen LogP contribution in [0.4, 0.5) is 15.9 Å². The van der Waals surface area contributed by atoms with Crippen LogP contribution in [0, 0.1) is 5.82 Å². The Labute approximate surface area is 193 Å². The maximum absolute atomic E-state index is 13.9. The third kappa shape index (κ3) is 4.87. The van der Waals surface area contributed by atoms with Crippen LogP contribution < -0.4 is 10.6 Å². The summed E-state index contributed by atoms with van der Waals surface area (Å²) in [6.07, 6.45) is 2.47. The van der Waals surface area contributed by atoms with Gasteiger partial charge in [-0.2, -0.15) is 0 Å². The van der Waals surface area contributed by atoms with E-state index < -0.39 is 5.41 Å². The number of rotatable bonds is 5. The molecule has 0 unspecified atom stereocenters. The predicted octanol–water partition coefficient (Wildman–Crippen LogP) is 4.92. The van der Waals surface area contributed by atoms with E-state index in [-0.39, 0.29) is 17.6 Å². The summed E-state index contributed by atoms with van der Waals surface area (Å²) in [5.74, 6) is -0.568. The first-order valence-corrected chi connectivity index (χ1v) is 10.9. The minimum Gasteiger partial charge on any atom is -0.381 e.